The molecular formula is C28H31N5O4. The van der Waals surface area contributed by atoms with Crippen LogP contribution in [0.15, 0.2) is 47.9 Å². The van der Waals surface area contributed by atoms with Gasteiger partial charge in [-0.25, -0.2) is 19.4 Å². The van der Waals surface area contributed by atoms with Gasteiger partial charge >= 0.3 is 0 Å². The Hall–Kier alpha value is -4.02. The Morgan fingerprint density at radius 1 is 1.05 bits per heavy atom. The minimum absolute atomic E-state index is 0.119. The van der Waals surface area contributed by atoms with E-state index in [2.05, 4.69) is 25.9 Å². The first-order valence-electron chi connectivity index (χ1n) is 12.8. The van der Waals surface area contributed by atoms with Crippen LogP contribution in [0.1, 0.15) is 61.9 Å². The molecule has 1 aromatic heterocycles. The molecule has 1 aliphatic carbocycles. The number of hydrogen-bond donors (Lipinski definition) is 3. The van der Waals surface area contributed by atoms with E-state index in [1.165, 1.54) is 18.7 Å². The van der Waals surface area contributed by atoms with E-state index in [0.717, 1.165) is 32.1 Å². The van der Waals surface area contributed by atoms with Crippen LogP contribution in [0.3, 0.4) is 0 Å². The van der Waals surface area contributed by atoms with E-state index in [1.807, 2.05) is 30.1 Å². The highest BCUT2D eigenvalue weighted by Gasteiger charge is 2.29. The lowest BCUT2D eigenvalue weighted by molar-refractivity contribution is 0.0929. The van der Waals surface area contributed by atoms with Crippen LogP contribution < -0.4 is 16.0 Å². The van der Waals surface area contributed by atoms with E-state index in [9.17, 15) is 19.2 Å². The van der Waals surface area contributed by atoms with Gasteiger partial charge in [0.25, 0.3) is 5.91 Å². The molecule has 3 N–H and O–H groups in total. The number of carbonyl (C=O) groups excluding carboxylic acids is 4. The third kappa shape index (κ3) is 6.81. The van der Waals surface area contributed by atoms with Gasteiger partial charge in [-0.2, -0.15) is 0 Å². The highest BCUT2D eigenvalue weighted by Crippen LogP contribution is 2.29. The highest BCUT2D eigenvalue weighted by molar-refractivity contribution is 5.94. The fourth-order valence-corrected chi connectivity index (χ4v) is 5.29. The van der Waals surface area contributed by atoms with Crippen molar-refractivity contribution in [2.24, 2.45) is 11.8 Å². The summed E-state index contributed by atoms with van der Waals surface area (Å²) in [6.45, 7) is 0.649. The standard InChI is InChI=1S/C28H31N5O4/c34-13-11-21(15-20-10-12-29-26(20)17-35)31-27(18-36)24(14-19-6-2-1-3-7-19)33-28(37)25-16-30-22-8-4-5-9-23(22)32-25/h4-5,8-9,11,16,19-21,24,29,31H,1-3,6-7,10,12,14-15H2,(H,33,37)/t20-,21+,24-/m0/s1. The number of hydrogen-bond acceptors (Lipinski definition) is 8. The highest BCUT2D eigenvalue weighted by atomic mass is 16.2. The third-order valence-corrected chi connectivity index (χ3v) is 7.21. The average Bonchev–Trinajstić information content (AvgIpc) is 3.38. The van der Waals surface area contributed by atoms with Gasteiger partial charge in [-0.3, -0.25) is 9.78 Å². The van der Waals surface area contributed by atoms with Gasteiger partial charge in [-0.15, -0.1) is 0 Å². The van der Waals surface area contributed by atoms with Crippen molar-refractivity contribution >= 4 is 34.8 Å². The molecule has 0 radical (unpaired) electrons. The molecule has 0 spiro atoms. The number of aromatic nitrogens is 2. The van der Waals surface area contributed by atoms with Crippen molar-refractivity contribution < 1.29 is 19.2 Å². The number of para-hydroxylation sites is 2. The molecule has 0 bridgehead atoms. The van der Waals surface area contributed by atoms with E-state index < -0.39 is 18.0 Å². The second-order valence-electron chi connectivity index (χ2n) is 9.72. The number of rotatable bonds is 10. The predicted molar refractivity (Wildman–Crippen MR) is 138 cm³/mol. The molecule has 1 aromatic carbocycles. The van der Waals surface area contributed by atoms with Crippen LogP contribution >= 0.6 is 0 Å². The van der Waals surface area contributed by atoms with Gasteiger partial charge in [0.15, 0.2) is 0 Å². The summed E-state index contributed by atoms with van der Waals surface area (Å²) in [4.78, 5) is 56.7. The van der Waals surface area contributed by atoms with Crippen molar-refractivity contribution in [2.75, 3.05) is 6.54 Å². The quantitative estimate of drug-likeness (QED) is 0.424. The molecule has 2 aromatic rings. The smallest absolute Gasteiger partial charge is 0.272 e. The van der Waals surface area contributed by atoms with Gasteiger partial charge < -0.3 is 16.0 Å². The largest absolute Gasteiger partial charge is 0.379 e. The lowest BCUT2D eigenvalue weighted by Crippen LogP contribution is -2.45. The molecule has 1 aliphatic heterocycles. The zero-order chi connectivity index (χ0) is 26.0. The molecule has 0 unspecified atom stereocenters. The first-order valence-corrected chi connectivity index (χ1v) is 12.8. The summed E-state index contributed by atoms with van der Waals surface area (Å²) < 4.78 is 0. The van der Waals surface area contributed by atoms with Crippen molar-refractivity contribution in [1.29, 1.82) is 0 Å². The van der Waals surface area contributed by atoms with Crippen LogP contribution in [-0.2, 0) is 14.4 Å². The first kappa shape index (κ1) is 26.1. The molecular weight excluding hydrogens is 470 g/mol. The molecule has 9 heteroatoms. The number of fused-ring (bicyclic) bond motifs is 1. The van der Waals surface area contributed by atoms with Crippen LogP contribution in [0, 0.1) is 11.8 Å². The Morgan fingerprint density at radius 3 is 2.57 bits per heavy atom. The summed E-state index contributed by atoms with van der Waals surface area (Å²) in [6, 6.07) is 6.07. The second-order valence-corrected chi connectivity index (χ2v) is 9.72. The van der Waals surface area contributed by atoms with Crippen LogP contribution in [0.25, 0.3) is 11.0 Å². The maximum Gasteiger partial charge on any atom is 0.272 e. The number of nitrogens with zero attached hydrogens (tertiary/aromatic N) is 2. The number of nitrogens with one attached hydrogen (secondary N) is 3. The normalized spacial score (nSPS) is 19.0. The number of benzene rings is 1. The molecule has 2 fully saturated rings. The fourth-order valence-electron chi connectivity index (χ4n) is 5.29. The summed E-state index contributed by atoms with van der Waals surface area (Å²) >= 11 is 0. The molecule has 1 saturated carbocycles. The Kier molecular flexibility index (Phi) is 9.01. The number of allylic oxidation sites excluding steroid dienone is 1. The van der Waals surface area contributed by atoms with Crippen LogP contribution in [0.4, 0.5) is 0 Å². The molecule has 37 heavy (non-hydrogen) atoms. The summed E-state index contributed by atoms with van der Waals surface area (Å²) in [7, 11) is 0. The second kappa shape index (κ2) is 12.8. The Balaban J connectivity index is 1.54. The van der Waals surface area contributed by atoms with E-state index in [0.29, 0.717) is 42.0 Å². The van der Waals surface area contributed by atoms with Gasteiger partial charge in [0, 0.05) is 18.5 Å². The van der Waals surface area contributed by atoms with Crippen molar-refractivity contribution in [2.45, 2.75) is 63.5 Å². The molecule has 3 atom stereocenters. The molecule has 1 saturated heterocycles. The fraction of sp³-hybridized carbons (Fsp3) is 0.464. The predicted octanol–water partition coefficient (Wildman–Crippen LogP) is 2.48. The summed E-state index contributed by atoms with van der Waals surface area (Å²) in [5, 5.41) is 9.07. The Bertz CT molecular complexity index is 1270. The molecule has 9 nitrogen and oxygen atoms in total. The van der Waals surface area contributed by atoms with Crippen molar-refractivity contribution in [3.05, 3.63) is 53.6 Å². The average molecular weight is 502 g/mol. The van der Waals surface area contributed by atoms with E-state index in [1.54, 1.807) is 12.0 Å². The minimum Gasteiger partial charge on any atom is -0.379 e. The minimum atomic E-state index is -0.647. The molecule has 192 valence electrons. The molecule has 2 heterocycles. The summed E-state index contributed by atoms with van der Waals surface area (Å²) in [6.07, 6.45) is 9.85. The first-order chi connectivity index (χ1) is 18.1. The molecule has 2 aliphatic rings. The van der Waals surface area contributed by atoms with Crippen molar-refractivity contribution in [3.63, 3.8) is 0 Å². The zero-order valence-corrected chi connectivity index (χ0v) is 20.7. The van der Waals surface area contributed by atoms with Crippen LogP contribution in [-0.4, -0.2) is 52.3 Å². The Labute approximate surface area is 215 Å². The Morgan fingerprint density at radius 2 is 1.84 bits per heavy atom. The lowest BCUT2D eigenvalue weighted by atomic mass is 9.84. The third-order valence-electron chi connectivity index (χ3n) is 7.21. The van der Waals surface area contributed by atoms with Gasteiger partial charge in [-0.1, -0.05) is 44.2 Å². The van der Waals surface area contributed by atoms with Crippen LogP contribution in [0.2, 0.25) is 0 Å². The van der Waals surface area contributed by atoms with Crippen LogP contribution in [0.5, 0.6) is 0 Å². The lowest BCUT2D eigenvalue weighted by Gasteiger charge is -2.29. The number of carbonyl (C=O) groups is 1. The van der Waals surface area contributed by atoms with Crippen molar-refractivity contribution in [3.8, 4) is 0 Å². The molecule has 4 rings (SSSR count). The monoisotopic (exact) mass is 501 g/mol. The van der Waals surface area contributed by atoms with Gasteiger partial charge in [0.2, 0.25) is 0 Å². The maximum absolute atomic E-state index is 13.2. The van der Waals surface area contributed by atoms with E-state index >= 15 is 0 Å². The summed E-state index contributed by atoms with van der Waals surface area (Å²) in [5.74, 6) is 5.47. The van der Waals surface area contributed by atoms with Gasteiger partial charge in [0.1, 0.15) is 29.2 Å². The van der Waals surface area contributed by atoms with E-state index in [-0.39, 0.29) is 17.3 Å². The van der Waals surface area contributed by atoms with E-state index in [4.69, 9.17) is 0 Å². The van der Waals surface area contributed by atoms with Crippen molar-refractivity contribution in [1.82, 2.24) is 25.9 Å². The summed E-state index contributed by atoms with van der Waals surface area (Å²) in [5.41, 5.74) is 2.06. The SMILES string of the molecule is O=C=C[C@H](C[C@@H]1CCNC1=C=O)NC(=C=O)[C@H](CC1CCCCC1)NC(=O)c1cnc2ccccc2n1. The van der Waals surface area contributed by atoms with Gasteiger partial charge in [0.05, 0.1) is 35.0 Å². The van der Waals surface area contributed by atoms with Gasteiger partial charge in [-0.05, 0) is 37.3 Å². The zero-order valence-electron chi connectivity index (χ0n) is 20.7. The topological polar surface area (TPSA) is 130 Å². The molecule has 1 amide bonds. The maximum atomic E-state index is 13.2. The number of amides is 1.